The summed E-state index contributed by atoms with van der Waals surface area (Å²) in [7, 11) is 0. The monoisotopic (exact) mass is 157 g/mol. The van der Waals surface area contributed by atoms with Gasteiger partial charge in [-0.25, -0.2) is 9.82 Å². The summed E-state index contributed by atoms with van der Waals surface area (Å²) >= 11 is 0. The number of hydrogen-bond donors (Lipinski definition) is 1. The first kappa shape index (κ1) is 7.19. The van der Waals surface area contributed by atoms with Crippen LogP contribution in [-0.4, -0.2) is 21.0 Å². The second kappa shape index (κ2) is 2.78. The SMILES string of the molecule is O=C(O[N+](=O)[O-])c1ncc[nH]1. The molecule has 7 nitrogen and oxygen atoms in total. The van der Waals surface area contributed by atoms with Crippen LogP contribution in [0.25, 0.3) is 0 Å². The van der Waals surface area contributed by atoms with E-state index in [1.807, 2.05) is 0 Å². The Morgan fingerprint density at radius 1 is 1.82 bits per heavy atom. The molecule has 0 spiro atoms. The number of H-pyrrole nitrogens is 1. The Morgan fingerprint density at radius 2 is 2.55 bits per heavy atom. The van der Waals surface area contributed by atoms with Crippen molar-refractivity contribution >= 4 is 5.97 Å². The van der Waals surface area contributed by atoms with Crippen molar-refractivity contribution in [2.45, 2.75) is 0 Å². The molecule has 1 aromatic heterocycles. The third kappa shape index (κ3) is 1.75. The van der Waals surface area contributed by atoms with Gasteiger partial charge in [0.05, 0.1) is 0 Å². The van der Waals surface area contributed by atoms with E-state index in [4.69, 9.17) is 0 Å². The quantitative estimate of drug-likeness (QED) is 0.471. The second-order valence-corrected chi connectivity index (χ2v) is 1.54. The predicted octanol–water partition coefficient (Wildman–Crippen LogP) is -0.242. The van der Waals surface area contributed by atoms with Crippen LogP contribution in [0.2, 0.25) is 0 Å². The number of hydrogen-bond acceptors (Lipinski definition) is 5. The molecule has 1 heterocycles. The van der Waals surface area contributed by atoms with E-state index in [-0.39, 0.29) is 5.82 Å². The Hall–Kier alpha value is -1.92. The molecule has 7 heteroatoms. The fraction of sp³-hybridized carbons (Fsp3) is 0. The summed E-state index contributed by atoms with van der Waals surface area (Å²) in [6.45, 7) is 0. The molecule has 0 amide bonds. The minimum atomic E-state index is -1.19. The summed E-state index contributed by atoms with van der Waals surface area (Å²) in [6.07, 6.45) is 2.65. The van der Waals surface area contributed by atoms with Gasteiger partial charge in [0.15, 0.2) is 0 Å². The molecule has 0 aliphatic carbocycles. The van der Waals surface area contributed by atoms with Crippen molar-refractivity contribution in [3.05, 3.63) is 28.3 Å². The van der Waals surface area contributed by atoms with Gasteiger partial charge in [-0.05, 0) is 0 Å². The zero-order chi connectivity index (χ0) is 8.27. The molecule has 11 heavy (non-hydrogen) atoms. The molecule has 0 aromatic carbocycles. The standard InChI is InChI=1S/C4H3N3O4/c8-4(11-7(9)10)3-5-1-2-6-3/h1-2H,(H,5,6). The molecule has 1 aromatic rings. The molecular formula is C4H3N3O4. The van der Waals surface area contributed by atoms with Gasteiger partial charge >= 0.3 is 11.1 Å². The first-order chi connectivity index (χ1) is 5.20. The Kier molecular flexibility index (Phi) is 1.81. The highest BCUT2D eigenvalue weighted by molar-refractivity contribution is 5.84. The number of carbonyl (C=O) groups excluding carboxylic acids is 1. The van der Waals surface area contributed by atoms with Gasteiger partial charge in [-0.15, -0.1) is 10.1 Å². The Bertz CT molecular complexity index is 267. The van der Waals surface area contributed by atoms with E-state index in [0.717, 1.165) is 0 Å². The molecule has 1 rings (SSSR count). The summed E-state index contributed by atoms with van der Waals surface area (Å²) < 4.78 is 0. The van der Waals surface area contributed by atoms with E-state index in [9.17, 15) is 14.9 Å². The minimum Gasteiger partial charge on any atom is -0.340 e. The van der Waals surface area contributed by atoms with Crippen LogP contribution in [0.5, 0.6) is 0 Å². The highest BCUT2D eigenvalue weighted by Crippen LogP contribution is 1.91. The maximum absolute atomic E-state index is 10.6. The zero-order valence-electron chi connectivity index (χ0n) is 5.18. The Balaban J connectivity index is 2.64. The van der Waals surface area contributed by atoms with Gasteiger partial charge in [0, 0.05) is 12.4 Å². The molecule has 1 N–H and O–H groups in total. The summed E-state index contributed by atoms with van der Waals surface area (Å²) in [5.41, 5.74) is 0. The lowest BCUT2D eigenvalue weighted by Crippen LogP contribution is -2.11. The maximum atomic E-state index is 10.6. The summed E-state index contributed by atoms with van der Waals surface area (Å²) in [4.78, 5) is 29.6. The van der Waals surface area contributed by atoms with Gasteiger partial charge in [-0.2, -0.15) is 0 Å². The summed E-state index contributed by atoms with van der Waals surface area (Å²) in [5, 5.41) is 8.44. The summed E-state index contributed by atoms with van der Waals surface area (Å²) in [6, 6.07) is 0. The van der Waals surface area contributed by atoms with Gasteiger partial charge in [-0.3, -0.25) is 4.79 Å². The minimum absolute atomic E-state index is 0.193. The first-order valence-corrected chi connectivity index (χ1v) is 2.56. The largest absolute Gasteiger partial charge is 0.369 e. The van der Waals surface area contributed by atoms with E-state index in [0.29, 0.717) is 0 Å². The topological polar surface area (TPSA) is 98.1 Å². The maximum Gasteiger partial charge on any atom is 0.369 e. The van der Waals surface area contributed by atoms with E-state index >= 15 is 0 Å². The van der Waals surface area contributed by atoms with Crippen LogP contribution in [0.3, 0.4) is 0 Å². The molecule has 0 unspecified atom stereocenters. The van der Waals surface area contributed by atoms with Gasteiger partial charge < -0.3 is 4.98 Å². The van der Waals surface area contributed by atoms with Crippen LogP contribution in [0.1, 0.15) is 10.6 Å². The first-order valence-electron chi connectivity index (χ1n) is 2.56. The zero-order valence-corrected chi connectivity index (χ0v) is 5.18. The third-order valence-corrected chi connectivity index (χ3v) is 0.849. The number of rotatable bonds is 2. The lowest BCUT2D eigenvalue weighted by atomic mass is 10.6. The molecule has 0 bridgehead atoms. The fourth-order valence-electron chi connectivity index (χ4n) is 0.488. The molecule has 0 radical (unpaired) electrons. The van der Waals surface area contributed by atoms with Crippen molar-refractivity contribution < 1.29 is 14.7 Å². The van der Waals surface area contributed by atoms with Gasteiger partial charge in [0.25, 0.3) is 0 Å². The third-order valence-electron chi connectivity index (χ3n) is 0.849. The van der Waals surface area contributed by atoms with Crippen molar-refractivity contribution in [2.24, 2.45) is 0 Å². The van der Waals surface area contributed by atoms with Crippen LogP contribution >= 0.6 is 0 Å². The Morgan fingerprint density at radius 3 is 3.00 bits per heavy atom. The number of aromatic nitrogens is 2. The Labute approximate surface area is 60.1 Å². The highest BCUT2D eigenvalue weighted by atomic mass is 17.0. The van der Waals surface area contributed by atoms with Gasteiger partial charge in [0.2, 0.25) is 5.82 Å². The predicted molar refractivity (Wildman–Crippen MR) is 31.0 cm³/mol. The van der Waals surface area contributed by atoms with Crippen molar-refractivity contribution in [3.8, 4) is 0 Å². The smallest absolute Gasteiger partial charge is 0.340 e. The van der Waals surface area contributed by atoms with Gasteiger partial charge in [0.1, 0.15) is 0 Å². The van der Waals surface area contributed by atoms with Crippen molar-refractivity contribution in [1.82, 2.24) is 9.97 Å². The molecule has 0 fully saturated rings. The lowest BCUT2D eigenvalue weighted by Gasteiger charge is -1.90. The van der Waals surface area contributed by atoms with Crippen molar-refractivity contribution in [2.75, 3.05) is 0 Å². The molecular weight excluding hydrogens is 154 g/mol. The molecule has 0 atom stereocenters. The van der Waals surface area contributed by atoms with E-state index in [2.05, 4.69) is 14.8 Å². The molecule has 0 aliphatic heterocycles. The van der Waals surface area contributed by atoms with Crippen LogP contribution in [0.4, 0.5) is 0 Å². The summed E-state index contributed by atoms with van der Waals surface area (Å²) in [5.74, 6) is -1.30. The van der Waals surface area contributed by atoms with Gasteiger partial charge in [-0.1, -0.05) is 0 Å². The molecule has 0 saturated heterocycles. The number of nitrogens with zero attached hydrogens (tertiary/aromatic N) is 2. The lowest BCUT2D eigenvalue weighted by molar-refractivity contribution is -0.727. The number of carbonyl (C=O) groups is 1. The fourth-order valence-corrected chi connectivity index (χ4v) is 0.488. The average Bonchev–Trinajstić information content (AvgIpc) is 2.35. The molecule has 0 aliphatic rings. The number of aromatic amines is 1. The molecule has 0 saturated carbocycles. The van der Waals surface area contributed by atoms with Crippen LogP contribution in [-0.2, 0) is 4.84 Å². The number of imidazole rings is 1. The van der Waals surface area contributed by atoms with E-state index in [1.54, 1.807) is 0 Å². The van der Waals surface area contributed by atoms with Crippen LogP contribution in [0.15, 0.2) is 12.4 Å². The van der Waals surface area contributed by atoms with E-state index in [1.165, 1.54) is 12.4 Å². The van der Waals surface area contributed by atoms with Crippen LogP contribution < -0.4 is 0 Å². The normalized spacial score (nSPS) is 9.09. The number of nitrogens with one attached hydrogen (secondary N) is 1. The molecule has 58 valence electrons. The van der Waals surface area contributed by atoms with Crippen molar-refractivity contribution in [1.29, 1.82) is 0 Å². The van der Waals surface area contributed by atoms with Crippen LogP contribution in [0, 0.1) is 10.1 Å². The highest BCUT2D eigenvalue weighted by Gasteiger charge is 2.11. The van der Waals surface area contributed by atoms with E-state index < -0.39 is 11.1 Å². The average molecular weight is 157 g/mol. The second-order valence-electron chi connectivity index (χ2n) is 1.54. The van der Waals surface area contributed by atoms with Crippen molar-refractivity contribution in [3.63, 3.8) is 0 Å².